The SMILES string of the molecule is CC(N)Cc1ccc2c(ccn2Cc2ncccn2)c1. The molecule has 0 fully saturated rings. The quantitative estimate of drug-likeness (QED) is 0.788. The zero-order valence-electron chi connectivity index (χ0n) is 11.5. The molecule has 3 rings (SSSR count). The average molecular weight is 266 g/mol. The fourth-order valence-corrected chi connectivity index (χ4v) is 2.45. The summed E-state index contributed by atoms with van der Waals surface area (Å²) in [6, 6.07) is 10.7. The smallest absolute Gasteiger partial charge is 0.147 e. The molecule has 0 aliphatic heterocycles. The molecule has 0 saturated heterocycles. The molecule has 4 nitrogen and oxygen atoms in total. The van der Waals surface area contributed by atoms with Crippen molar-refractivity contribution in [2.45, 2.75) is 25.9 Å². The summed E-state index contributed by atoms with van der Waals surface area (Å²) in [5.74, 6) is 0.824. The van der Waals surface area contributed by atoms with Crippen molar-refractivity contribution in [1.29, 1.82) is 0 Å². The first-order valence-electron chi connectivity index (χ1n) is 6.81. The first-order valence-corrected chi connectivity index (χ1v) is 6.81. The number of hydrogen-bond donors (Lipinski definition) is 1. The summed E-state index contributed by atoms with van der Waals surface area (Å²) in [5.41, 5.74) is 8.33. The Morgan fingerprint density at radius 3 is 2.75 bits per heavy atom. The second-order valence-electron chi connectivity index (χ2n) is 5.18. The number of hydrogen-bond acceptors (Lipinski definition) is 3. The molecule has 0 amide bonds. The van der Waals surface area contributed by atoms with Gasteiger partial charge in [-0.3, -0.25) is 0 Å². The highest BCUT2D eigenvalue weighted by Gasteiger charge is 2.05. The van der Waals surface area contributed by atoms with E-state index < -0.39 is 0 Å². The Morgan fingerprint density at radius 1 is 1.20 bits per heavy atom. The number of fused-ring (bicyclic) bond motifs is 1. The highest BCUT2D eigenvalue weighted by molar-refractivity contribution is 5.81. The van der Waals surface area contributed by atoms with Crippen LogP contribution in [0.4, 0.5) is 0 Å². The molecule has 20 heavy (non-hydrogen) atoms. The van der Waals surface area contributed by atoms with Gasteiger partial charge in [-0.05, 0) is 48.6 Å². The monoisotopic (exact) mass is 266 g/mol. The third-order valence-electron chi connectivity index (χ3n) is 3.32. The minimum Gasteiger partial charge on any atom is -0.340 e. The van der Waals surface area contributed by atoms with Crippen LogP contribution in [0.2, 0.25) is 0 Å². The molecular weight excluding hydrogens is 248 g/mol. The summed E-state index contributed by atoms with van der Waals surface area (Å²) in [6.45, 7) is 2.72. The van der Waals surface area contributed by atoms with Crippen LogP contribution in [0.3, 0.4) is 0 Å². The molecule has 1 aromatic carbocycles. The van der Waals surface area contributed by atoms with Crippen LogP contribution in [-0.4, -0.2) is 20.6 Å². The minimum absolute atomic E-state index is 0.187. The molecule has 102 valence electrons. The fraction of sp³-hybridized carbons (Fsp3) is 0.250. The predicted molar refractivity (Wildman–Crippen MR) is 80.4 cm³/mol. The van der Waals surface area contributed by atoms with E-state index in [4.69, 9.17) is 5.73 Å². The molecule has 0 radical (unpaired) electrons. The van der Waals surface area contributed by atoms with E-state index in [0.29, 0.717) is 6.54 Å². The molecule has 2 N–H and O–H groups in total. The lowest BCUT2D eigenvalue weighted by Crippen LogP contribution is -2.17. The van der Waals surface area contributed by atoms with Crippen LogP contribution in [0, 0.1) is 0 Å². The van der Waals surface area contributed by atoms with Gasteiger partial charge in [0.05, 0.1) is 6.54 Å². The van der Waals surface area contributed by atoms with E-state index in [1.54, 1.807) is 12.4 Å². The van der Waals surface area contributed by atoms with E-state index in [0.717, 1.165) is 12.2 Å². The Balaban J connectivity index is 1.90. The normalized spacial score (nSPS) is 12.7. The molecule has 0 saturated carbocycles. The highest BCUT2D eigenvalue weighted by atomic mass is 15.0. The first kappa shape index (κ1) is 12.8. The number of aromatic nitrogens is 3. The molecule has 4 heteroatoms. The van der Waals surface area contributed by atoms with Crippen molar-refractivity contribution in [3.63, 3.8) is 0 Å². The van der Waals surface area contributed by atoms with Gasteiger partial charge >= 0.3 is 0 Å². The summed E-state index contributed by atoms with van der Waals surface area (Å²) in [7, 11) is 0. The van der Waals surface area contributed by atoms with Gasteiger partial charge in [-0.2, -0.15) is 0 Å². The maximum absolute atomic E-state index is 5.85. The van der Waals surface area contributed by atoms with Gasteiger partial charge < -0.3 is 10.3 Å². The predicted octanol–water partition coefficient (Wildman–Crippen LogP) is 2.37. The standard InChI is InChI=1S/C16H18N4/c1-12(17)9-13-3-4-15-14(10-13)5-8-20(15)11-16-18-6-2-7-19-16/h2-8,10,12H,9,11,17H2,1H3. The van der Waals surface area contributed by atoms with Crippen LogP contribution in [0.25, 0.3) is 10.9 Å². The van der Waals surface area contributed by atoms with Gasteiger partial charge in [-0.1, -0.05) is 6.07 Å². The van der Waals surface area contributed by atoms with Crippen LogP contribution in [-0.2, 0) is 13.0 Å². The zero-order valence-corrected chi connectivity index (χ0v) is 11.5. The first-order chi connectivity index (χ1) is 9.72. The zero-order chi connectivity index (χ0) is 13.9. The lowest BCUT2D eigenvalue weighted by atomic mass is 10.1. The third-order valence-corrected chi connectivity index (χ3v) is 3.32. The van der Waals surface area contributed by atoms with Crippen molar-refractivity contribution in [2.24, 2.45) is 5.73 Å². The summed E-state index contributed by atoms with van der Waals surface area (Å²) < 4.78 is 2.17. The van der Waals surface area contributed by atoms with Crippen LogP contribution < -0.4 is 5.73 Å². The number of nitrogens with zero attached hydrogens (tertiary/aromatic N) is 3. The Labute approximate surface area is 118 Å². The summed E-state index contributed by atoms with van der Waals surface area (Å²) in [6.07, 6.45) is 6.53. The van der Waals surface area contributed by atoms with Crippen LogP contribution in [0.15, 0.2) is 48.9 Å². The van der Waals surface area contributed by atoms with Crippen LogP contribution in [0.5, 0.6) is 0 Å². The minimum atomic E-state index is 0.187. The molecule has 3 aromatic rings. The van der Waals surface area contributed by atoms with Crippen molar-refractivity contribution >= 4 is 10.9 Å². The van der Waals surface area contributed by atoms with Gasteiger partial charge in [-0.15, -0.1) is 0 Å². The van der Waals surface area contributed by atoms with E-state index in [-0.39, 0.29) is 6.04 Å². The van der Waals surface area contributed by atoms with Crippen molar-refractivity contribution in [2.75, 3.05) is 0 Å². The van der Waals surface area contributed by atoms with Gasteiger partial charge in [0.25, 0.3) is 0 Å². The third kappa shape index (κ3) is 2.70. The van der Waals surface area contributed by atoms with E-state index in [1.165, 1.54) is 16.5 Å². The Kier molecular flexibility index (Phi) is 3.48. The van der Waals surface area contributed by atoms with Crippen LogP contribution in [0.1, 0.15) is 18.3 Å². The van der Waals surface area contributed by atoms with Gasteiger partial charge in [0.15, 0.2) is 0 Å². The number of nitrogens with two attached hydrogens (primary N) is 1. The average Bonchev–Trinajstić information content (AvgIpc) is 2.82. The number of benzene rings is 1. The van der Waals surface area contributed by atoms with E-state index >= 15 is 0 Å². The van der Waals surface area contributed by atoms with Crippen molar-refractivity contribution in [3.05, 3.63) is 60.3 Å². The molecule has 0 spiro atoms. The van der Waals surface area contributed by atoms with Crippen molar-refractivity contribution in [3.8, 4) is 0 Å². The maximum Gasteiger partial charge on any atom is 0.147 e. The van der Waals surface area contributed by atoms with Gasteiger partial charge in [0.1, 0.15) is 5.82 Å². The van der Waals surface area contributed by atoms with Gasteiger partial charge in [-0.25, -0.2) is 9.97 Å². The molecule has 0 bridgehead atoms. The number of rotatable bonds is 4. The van der Waals surface area contributed by atoms with E-state index in [1.807, 2.05) is 13.0 Å². The van der Waals surface area contributed by atoms with Gasteiger partial charge in [0.2, 0.25) is 0 Å². The van der Waals surface area contributed by atoms with Crippen LogP contribution >= 0.6 is 0 Å². The molecule has 1 atom stereocenters. The summed E-state index contributed by atoms with van der Waals surface area (Å²) in [4.78, 5) is 8.54. The second kappa shape index (κ2) is 5.43. The van der Waals surface area contributed by atoms with Gasteiger partial charge in [0, 0.05) is 30.1 Å². The van der Waals surface area contributed by atoms with Crippen molar-refractivity contribution in [1.82, 2.24) is 14.5 Å². The highest BCUT2D eigenvalue weighted by Crippen LogP contribution is 2.19. The Morgan fingerprint density at radius 2 is 2.00 bits per heavy atom. The molecule has 2 aromatic heterocycles. The summed E-state index contributed by atoms with van der Waals surface area (Å²) in [5, 5.41) is 1.24. The van der Waals surface area contributed by atoms with E-state index in [9.17, 15) is 0 Å². The molecule has 1 unspecified atom stereocenters. The topological polar surface area (TPSA) is 56.7 Å². The Hall–Kier alpha value is -2.20. The molecule has 0 aliphatic rings. The maximum atomic E-state index is 5.85. The molecule has 0 aliphatic carbocycles. The fourth-order valence-electron chi connectivity index (χ4n) is 2.45. The second-order valence-corrected chi connectivity index (χ2v) is 5.18. The Bertz CT molecular complexity index is 701. The molecular formula is C16H18N4. The largest absolute Gasteiger partial charge is 0.340 e. The van der Waals surface area contributed by atoms with E-state index in [2.05, 4.69) is 45.0 Å². The lowest BCUT2D eigenvalue weighted by Gasteiger charge is -2.07. The lowest BCUT2D eigenvalue weighted by molar-refractivity contribution is 0.738. The summed E-state index contributed by atoms with van der Waals surface area (Å²) >= 11 is 0. The van der Waals surface area contributed by atoms with Crippen molar-refractivity contribution < 1.29 is 0 Å². The molecule has 2 heterocycles.